The van der Waals surface area contributed by atoms with Gasteiger partial charge < -0.3 is 16.0 Å². The standard InChI is InChI=1S/C13H19N5.ClH/c14-5-11-7-17-9-12(6-15,10-18-8-11)13(11)1-3-16-4-2-13;/h16-18H,1-4,7-10H2;1H. The highest BCUT2D eigenvalue weighted by Crippen LogP contribution is 2.60. The Balaban J connectivity index is 0.00000133. The van der Waals surface area contributed by atoms with Crippen molar-refractivity contribution in [3.8, 4) is 12.1 Å². The third-order valence-electron chi connectivity index (χ3n) is 5.42. The fraction of sp³-hybridized carbons (Fsp3) is 0.846. The molecular formula is C13H20ClN5. The molecule has 0 saturated carbocycles. The van der Waals surface area contributed by atoms with Crippen molar-refractivity contribution >= 4 is 12.4 Å². The Morgan fingerprint density at radius 3 is 1.53 bits per heavy atom. The fourth-order valence-electron chi connectivity index (χ4n) is 4.42. The molecule has 3 aliphatic rings. The SMILES string of the molecule is Cl.N#CC12CNCC(C#N)(CNC1)C21CCNCC1. The van der Waals surface area contributed by atoms with Crippen LogP contribution in [0.25, 0.3) is 0 Å². The second-order valence-electron chi connectivity index (χ2n) is 5.93. The summed E-state index contributed by atoms with van der Waals surface area (Å²) in [6, 6.07) is 5.13. The molecule has 19 heavy (non-hydrogen) atoms. The number of hydrogen-bond donors (Lipinski definition) is 3. The zero-order valence-electron chi connectivity index (χ0n) is 11.0. The van der Waals surface area contributed by atoms with Crippen LogP contribution in [0.4, 0.5) is 0 Å². The molecule has 3 aliphatic heterocycles. The highest BCUT2D eigenvalue weighted by atomic mass is 35.5. The maximum absolute atomic E-state index is 9.76. The maximum atomic E-state index is 9.76. The van der Waals surface area contributed by atoms with Gasteiger partial charge >= 0.3 is 0 Å². The van der Waals surface area contributed by atoms with E-state index in [4.69, 9.17) is 0 Å². The first-order valence-electron chi connectivity index (χ1n) is 6.69. The number of rotatable bonds is 0. The lowest BCUT2D eigenvalue weighted by atomic mass is 9.44. The summed E-state index contributed by atoms with van der Waals surface area (Å²) in [6.45, 7) is 4.68. The zero-order chi connectivity index (χ0) is 12.7. The van der Waals surface area contributed by atoms with E-state index in [2.05, 4.69) is 28.1 Å². The Bertz CT molecular complexity index is 387. The number of nitriles is 2. The number of hydrogen-bond acceptors (Lipinski definition) is 5. The first kappa shape index (κ1) is 14.6. The van der Waals surface area contributed by atoms with Gasteiger partial charge in [0.15, 0.2) is 0 Å². The van der Waals surface area contributed by atoms with Crippen molar-refractivity contribution in [2.45, 2.75) is 12.8 Å². The van der Waals surface area contributed by atoms with Gasteiger partial charge in [0.05, 0.1) is 23.0 Å². The molecule has 3 fully saturated rings. The summed E-state index contributed by atoms with van der Waals surface area (Å²) >= 11 is 0. The molecule has 0 aliphatic carbocycles. The van der Waals surface area contributed by atoms with E-state index in [-0.39, 0.29) is 17.8 Å². The van der Waals surface area contributed by atoms with Gasteiger partial charge in [-0.3, -0.25) is 0 Å². The van der Waals surface area contributed by atoms with E-state index >= 15 is 0 Å². The Morgan fingerprint density at radius 2 is 1.16 bits per heavy atom. The van der Waals surface area contributed by atoms with E-state index in [1.807, 2.05) is 0 Å². The van der Waals surface area contributed by atoms with Gasteiger partial charge in [-0.25, -0.2) is 0 Å². The van der Waals surface area contributed by atoms with Crippen LogP contribution in [0.3, 0.4) is 0 Å². The number of nitrogens with zero attached hydrogens (tertiary/aromatic N) is 2. The van der Waals surface area contributed by atoms with Gasteiger partial charge in [0.25, 0.3) is 0 Å². The van der Waals surface area contributed by atoms with Crippen molar-refractivity contribution in [1.29, 1.82) is 10.5 Å². The molecule has 3 saturated heterocycles. The Hall–Kier alpha value is -0.850. The first-order chi connectivity index (χ1) is 8.74. The van der Waals surface area contributed by atoms with Crippen molar-refractivity contribution < 1.29 is 0 Å². The van der Waals surface area contributed by atoms with E-state index in [9.17, 15) is 10.5 Å². The van der Waals surface area contributed by atoms with Gasteiger partial charge in [-0.1, -0.05) is 0 Å². The Kier molecular flexibility index (Phi) is 3.77. The van der Waals surface area contributed by atoms with E-state index < -0.39 is 10.8 Å². The van der Waals surface area contributed by atoms with Crippen molar-refractivity contribution in [3.63, 3.8) is 0 Å². The quantitative estimate of drug-likeness (QED) is 0.582. The van der Waals surface area contributed by atoms with Crippen molar-refractivity contribution in [2.24, 2.45) is 16.2 Å². The summed E-state index contributed by atoms with van der Waals surface area (Å²) < 4.78 is 0. The molecule has 0 amide bonds. The minimum absolute atomic E-state index is 0. The van der Waals surface area contributed by atoms with E-state index in [0.29, 0.717) is 26.2 Å². The molecule has 104 valence electrons. The Morgan fingerprint density at radius 1 is 0.737 bits per heavy atom. The molecule has 5 nitrogen and oxygen atoms in total. The Labute approximate surface area is 120 Å². The second-order valence-corrected chi connectivity index (χ2v) is 5.93. The highest BCUT2D eigenvalue weighted by molar-refractivity contribution is 5.85. The first-order valence-corrected chi connectivity index (χ1v) is 6.69. The van der Waals surface area contributed by atoms with E-state index in [0.717, 1.165) is 25.9 Å². The minimum Gasteiger partial charge on any atom is -0.317 e. The predicted octanol–water partition coefficient (Wildman–Crippen LogP) is 0.00436. The molecular weight excluding hydrogens is 262 g/mol. The normalized spacial score (nSPS) is 39.7. The van der Waals surface area contributed by atoms with Gasteiger partial charge in [0, 0.05) is 31.6 Å². The summed E-state index contributed by atoms with van der Waals surface area (Å²) in [7, 11) is 0. The van der Waals surface area contributed by atoms with Gasteiger partial charge in [0.1, 0.15) is 0 Å². The third-order valence-corrected chi connectivity index (χ3v) is 5.42. The molecule has 0 atom stereocenters. The van der Waals surface area contributed by atoms with Crippen LogP contribution in [0.1, 0.15) is 12.8 Å². The van der Waals surface area contributed by atoms with Gasteiger partial charge in [-0.15, -0.1) is 12.4 Å². The van der Waals surface area contributed by atoms with Crippen LogP contribution in [-0.2, 0) is 0 Å². The van der Waals surface area contributed by atoms with Crippen LogP contribution < -0.4 is 16.0 Å². The average Bonchev–Trinajstić information content (AvgIpc) is 2.40. The summed E-state index contributed by atoms with van der Waals surface area (Å²) in [5.74, 6) is 0. The fourth-order valence-corrected chi connectivity index (χ4v) is 4.42. The molecule has 2 bridgehead atoms. The molecule has 0 unspecified atom stereocenters. The molecule has 0 radical (unpaired) electrons. The molecule has 0 aromatic rings. The molecule has 1 spiro atoms. The minimum atomic E-state index is -0.429. The molecule has 3 heterocycles. The van der Waals surface area contributed by atoms with Crippen LogP contribution in [-0.4, -0.2) is 39.3 Å². The monoisotopic (exact) mass is 281 g/mol. The van der Waals surface area contributed by atoms with Gasteiger partial charge in [-0.05, 0) is 25.9 Å². The predicted molar refractivity (Wildman–Crippen MR) is 73.6 cm³/mol. The van der Waals surface area contributed by atoms with Crippen molar-refractivity contribution in [1.82, 2.24) is 16.0 Å². The molecule has 3 N–H and O–H groups in total. The number of halogens is 1. The molecule has 3 rings (SSSR count). The molecule has 6 heteroatoms. The lowest BCUT2D eigenvalue weighted by Crippen LogP contribution is -2.74. The van der Waals surface area contributed by atoms with Crippen molar-refractivity contribution in [2.75, 3.05) is 39.3 Å². The maximum Gasteiger partial charge on any atom is 0.0894 e. The highest BCUT2D eigenvalue weighted by Gasteiger charge is 2.67. The summed E-state index contributed by atoms with van der Waals surface area (Å²) in [4.78, 5) is 0. The van der Waals surface area contributed by atoms with Crippen LogP contribution in [0, 0.1) is 38.9 Å². The average molecular weight is 282 g/mol. The van der Waals surface area contributed by atoms with Crippen LogP contribution in [0.15, 0.2) is 0 Å². The second kappa shape index (κ2) is 4.92. The van der Waals surface area contributed by atoms with E-state index in [1.165, 1.54) is 0 Å². The summed E-state index contributed by atoms with van der Waals surface area (Å²) in [6.07, 6.45) is 1.88. The summed E-state index contributed by atoms with van der Waals surface area (Å²) in [5, 5.41) is 29.6. The zero-order valence-corrected chi connectivity index (χ0v) is 11.8. The summed E-state index contributed by atoms with van der Waals surface area (Å²) in [5.41, 5.74) is -1.01. The van der Waals surface area contributed by atoms with Crippen LogP contribution in [0.2, 0.25) is 0 Å². The largest absolute Gasteiger partial charge is 0.317 e. The lowest BCUT2D eigenvalue weighted by molar-refractivity contribution is -0.102. The van der Waals surface area contributed by atoms with Crippen molar-refractivity contribution in [3.05, 3.63) is 0 Å². The van der Waals surface area contributed by atoms with Gasteiger partial charge in [0.2, 0.25) is 0 Å². The third kappa shape index (κ3) is 1.63. The number of piperidine rings is 3. The van der Waals surface area contributed by atoms with Crippen LogP contribution >= 0.6 is 12.4 Å². The number of nitrogens with one attached hydrogen (secondary N) is 3. The van der Waals surface area contributed by atoms with Crippen LogP contribution in [0.5, 0.6) is 0 Å². The van der Waals surface area contributed by atoms with E-state index in [1.54, 1.807) is 0 Å². The lowest BCUT2D eigenvalue weighted by Gasteiger charge is -2.63. The molecule has 0 aromatic heterocycles. The molecule has 0 aromatic carbocycles. The smallest absolute Gasteiger partial charge is 0.0894 e. The van der Waals surface area contributed by atoms with Gasteiger partial charge in [-0.2, -0.15) is 10.5 Å². The topological polar surface area (TPSA) is 83.7 Å².